The number of nitrogens with zero attached hydrogens (tertiary/aromatic N) is 7. The van der Waals surface area contributed by atoms with Crippen molar-refractivity contribution in [3.8, 4) is 11.1 Å². The molecule has 0 bridgehead atoms. The van der Waals surface area contributed by atoms with Crippen LogP contribution >= 0.6 is 0 Å². The molecule has 0 aliphatic heterocycles. The number of aryl methyl sites for hydroxylation is 1. The predicted molar refractivity (Wildman–Crippen MR) is 71.9 cm³/mol. The first-order valence-corrected chi connectivity index (χ1v) is 5.99. The standard InChI is InChI=1S/C12H10N8/c1-7-2-3-8(10-15-5-17-20(7)10)9-4-14-12(13)19-6-16-18-11(9)19/h2-6H,1H3,(H2,13,14). The van der Waals surface area contributed by atoms with Crippen molar-refractivity contribution in [3.05, 3.63) is 36.7 Å². The van der Waals surface area contributed by atoms with Crippen LogP contribution in [0.3, 0.4) is 0 Å². The summed E-state index contributed by atoms with van der Waals surface area (Å²) >= 11 is 0. The maximum absolute atomic E-state index is 5.80. The van der Waals surface area contributed by atoms with Crippen molar-refractivity contribution in [2.45, 2.75) is 6.92 Å². The summed E-state index contributed by atoms with van der Waals surface area (Å²) in [5.41, 5.74) is 9.90. The van der Waals surface area contributed by atoms with Crippen LogP contribution in [0.5, 0.6) is 0 Å². The summed E-state index contributed by atoms with van der Waals surface area (Å²) in [6.45, 7) is 1.97. The Bertz CT molecular complexity index is 857. The Labute approximate surface area is 112 Å². The van der Waals surface area contributed by atoms with Crippen LogP contribution in [0.1, 0.15) is 5.69 Å². The van der Waals surface area contributed by atoms with E-state index in [0.717, 1.165) is 22.5 Å². The second-order valence-electron chi connectivity index (χ2n) is 4.44. The number of nitrogen functional groups attached to an aromatic ring is 1. The Morgan fingerprint density at radius 2 is 2.00 bits per heavy atom. The molecule has 0 aromatic carbocycles. The van der Waals surface area contributed by atoms with Crippen molar-refractivity contribution in [3.63, 3.8) is 0 Å². The van der Waals surface area contributed by atoms with E-state index < -0.39 is 0 Å². The van der Waals surface area contributed by atoms with E-state index >= 15 is 0 Å². The van der Waals surface area contributed by atoms with Gasteiger partial charge in [-0.05, 0) is 19.1 Å². The lowest BCUT2D eigenvalue weighted by Gasteiger charge is -2.07. The van der Waals surface area contributed by atoms with Crippen molar-refractivity contribution >= 4 is 17.2 Å². The van der Waals surface area contributed by atoms with Crippen molar-refractivity contribution in [1.82, 2.24) is 34.2 Å². The van der Waals surface area contributed by atoms with E-state index in [-0.39, 0.29) is 0 Å². The first-order valence-electron chi connectivity index (χ1n) is 5.99. The van der Waals surface area contributed by atoms with Crippen LogP contribution in [0, 0.1) is 6.92 Å². The molecular formula is C12H10N8. The van der Waals surface area contributed by atoms with Gasteiger partial charge in [0, 0.05) is 23.0 Å². The topological polar surface area (TPSA) is 99.3 Å². The van der Waals surface area contributed by atoms with Gasteiger partial charge in [0.2, 0.25) is 5.95 Å². The van der Waals surface area contributed by atoms with Crippen LogP contribution in [0.2, 0.25) is 0 Å². The minimum atomic E-state index is 0.346. The summed E-state index contributed by atoms with van der Waals surface area (Å²) in [7, 11) is 0. The van der Waals surface area contributed by atoms with Crippen molar-refractivity contribution in [1.29, 1.82) is 0 Å². The first kappa shape index (κ1) is 10.9. The van der Waals surface area contributed by atoms with E-state index in [2.05, 4.69) is 25.3 Å². The van der Waals surface area contributed by atoms with Gasteiger partial charge in [0.15, 0.2) is 11.3 Å². The van der Waals surface area contributed by atoms with Gasteiger partial charge in [-0.1, -0.05) is 0 Å². The van der Waals surface area contributed by atoms with Gasteiger partial charge < -0.3 is 5.73 Å². The average molecular weight is 266 g/mol. The molecule has 0 unspecified atom stereocenters. The number of hydrogen-bond acceptors (Lipinski definition) is 6. The Hall–Kier alpha value is -3.03. The molecular weight excluding hydrogens is 256 g/mol. The predicted octanol–water partition coefficient (Wildman–Crippen LogP) is 0.725. The highest BCUT2D eigenvalue weighted by Crippen LogP contribution is 2.27. The molecule has 8 heteroatoms. The molecule has 98 valence electrons. The average Bonchev–Trinajstić information content (AvgIpc) is 3.09. The Kier molecular flexibility index (Phi) is 2.02. The number of nitrogens with two attached hydrogens (primary N) is 1. The molecule has 0 aliphatic rings. The summed E-state index contributed by atoms with van der Waals surface area (Å²) in [6, 6.07) is 3.95. The van der Waals surface area contributed by atoms with Gasteiger partial charge in [-0.2, -0.15) is 5.10 Å². The zero-order valence-corrected chi connectivity index (χ0v) is 10.6. The fraction of sp³-hybridized carbons (Fsp3) is 0.0833. The molecule has 0 radical (unpaired) electrons. The lowest BCUT2D eigenvalue weighted by Crippen LogP contribution is -2.02. The summed E-state index contributed by atoms with van der Waals surface area (Å²) < 4.78 is 3.42. The smallest absolute Gasteiger partial charge is 0.207 e. The van der Waals surface area contributed by atoms with Crippen LogP contribution in [-0.2, 0) is 0 Å². The third-order valence-corrected chi connectivity index (χ3v) is 3.27. The summed E-state index contributed by atoms with van der Waals surface area (Å²) in [5.74, 6) is 0.346. The maximum atomic E-state index is 5.80. The molecule has 0 spiro atoms. The van der Waals surface area contributed by atoms with Crippen molar-refractivity contribution < 1.29 is 0 Å². The Morgan fingerprint density at radius 3 is 2.90 bits per heavy atom. The van der Waals surface area contributed by atoms with Gasteiger partial charge >= 0.3 is 0 Å². The fourth-order valence-electron chi connectivity index (χ4n) is 2.27. The normalized spacial score (nSPS) is 11.4. The second-order valence-corrected chi connectivity index (χ2v) is 4.44. The van der Waals surface area contributed by atoms with Crippen LogP contribution in [0.4, 0.5) is 5.95 Å². The van der Waals surface area contributed by atoms with E-state index in [0.29, 0.717) is 11.6 Å². The lowest BCUT2D eigenvalue weighted by molar-refractivity contribution is 0.915. The second kappa shape index (κ2) is 3.73. The molecule has 0 amide bonds. The maximum Gasteiger partial charge on any atom is 0.207 e. The minimum absolute atomic E-state index is 0.346. The number of aromatic nitrogens is 7. The zero-order chi connectivity index (χ0) is 13.7. The number of fused-ring (bicyclic) bond motifs is 2. The molecule has 4 aromatic heterocycles. The highest BCUT2D eigenvalue weighted by atomic mass is 15.3. The molecule has 2 N–H and O–H groups in total. The van der Waals surface area contributed by atoms with Gasteiger partial charge in [0.25, 0.3) is 0 Å². The van der Waals surface area contributed by atoms with Gasteiger partial charge in [0.1, 0.15) is 12.7 Å². The van der Waals surface area contributed by atoms with E-state index in [1.54, 1.807) is 15.1 Å². The fourth-order valence-corrected chi connectivity index (χ4v) is 2.27. The molecule has 20 heavy (non-hydrogen) atoms. The molecule has 8 nitrogen and oxygen atoms in total. The quantitative estimate of drug-likeness (QED) is 0.545. The molecule has 0 saturated carbocycles. The largest absolute Gasteiger partial charge is 0.369 e. The van der Waals surface area contributed by atoms with Gasteiger partial charge in [0.05, 0.1) is 0 Å². The molecule has 4 rings (SSSR count). The van der Waals surface area contributed by atoms with Crippen LogP contribution in [0.15, 0.2) is 31.0 Å². The van der Waals surface area contributed by atoms with E-state index in [1.807, 2.05) is 19.1 Å². The van der Waals surface area contributed by atoms with E-state index in [4.69, 9.17) is 5.73 Å². The Balaban J connectivity index is 2.12. The zero-order valence-electron chi connectivity index (χ0n) is 10.6. The molecule has 0 fully saturated rings. The summed E-state index contributed by atoms with van der Waals surface area (Å²) in [6.07, 6.45) is 4.74. The third-order valence-electron chi connectivity index (χ3n) is 3.27. The molecule has 4 heterocycles. The lowest BCUT2D eigenvalue weighted by atomic mass is 10.1. The van der Waals surface area contributed by atoms with E-state index in [9.17, 15) is 0 Å². The Morgan fingerprint density at radius 1 is 1.10 bits per heavy atom. The SMILES string of the molecule is Cc1ccc(-c2cnc(N)n3cnnc23)c2ncnn12. The molecule has 0 saturated heterocycles. The molecule has 0 atom stereocenters. The minimum Gasteiger partial charge on any atom is -0.369 e. The third kappa shape index (κ3) is 1.32. The summed E-state index contributed by atoms with van der Waals surface area (Å²) in [5, 5.41) is 12.2. The van der Waals surface area contributed by atoms with Crippen LogP contribution < -0.4 is 5.73 Å². The summed E-state index contributed by atoms with van der Waals surface area (Å²) in [4.78, 5) is 8.48. The number of hydrogen-bond donors (Lipinski definition) is 1. The number of pyridine rings is 1. The molecule has 4 aromatic rings. The van der Waals surface area contributed by atoms with Gasteiger partial charge in [-0.3, -0.25) is 4.40 Å². The molecule has 0 aliphatic carbocycles. The van der Waals surface area contributed by atoms with Crippen molar-refractivity contribution in [2.75, 3.05) is 5.73 Å². The van der Waals surface area contributed by atoms with Crippen LogP contribution in [-0.4, -0.2) is 34.2 Å². The number of rotatable bonds is 1. The van der Waals surface area contributed by atoms with Gasteiger partial charge in [-0.15, -0.1) is 10.2 Å². The highest BCUT2D eigenvalue weighted by molar-refractivity contribution is 5.85. The first-order chi connectivity index (χ1) is 9.75. The van der Waals surface area contributed by atoms with E-state index in [1.165, 1.54) is 12.7 Å². The van der Waals surface area contributed by atoms with Crippen molar-refractivity contribution in [2.24, 2.45) is 0 Å². The van der Waals surface area contributed by atoms with Crippen LogP contribution in [0.25, 0.3) is 22.4 Å². The monoisotopic (exact) mass is 266 g/mol. The number of anilines is 1. The highest BCUT2D eigenvalue weighted by Gasteiger charge is 2.14. The van der Waals surface area contributed by atoms with Gasteiger partial charge in [-0.25, -0.2) is 14.5 Å².